The molecule has 0 aromatic rings. The van der Waals surface area contributed by atoms with Crippen LogP contribution in [0, 0.1) is 0 Å². The summed E-state index contributed by atoms with van der Waals surface area (Å²) >= 11 is 0. The molecule has 0 atom stereocenters. The van der Waals surface area contributed by atoms with Crippen LogP contribution in [-0.4, -0.2) is 37.7 Å². The molecule has 0 saturated carbocycles. The average molecular weight is 254 g/mol. The van der Waals surface area contributed by atoms with Gasteiger partial charge in [0.1, 0.15) is 6.73 Å². The summed E-state index contributed by atoms with van der Waals surface area (Å²) < 4.78 is 5.70. The average Bonchev–Trinajstić information content (AvgIpc) is 2.12. The van der Waals surface area contributed by atoms with E-state index in [2.05, 4.69) is 45.2 Å². The Morgan fingerprint density at radius 1 is 1.41 bits per heavy atom. The molecule has 0 aromatic heterocycles. The van der Waals surface area contributed by atoms with E-state index >= 15 is 0 Å². The third kappa shape index (κ3) is 3.68. The van der Waals surface area contributed by atoms with Crippen molar-refractivity contribution in [2.24, 2.45) is 5.10 Å². The summed E-state index contributed by atoms with van der Waals surface area (Å²) in [6.45, 7) is 18.8. The lowest BCUT2D eigenvalue weighted by atomic mass is 9.90. The van der Waals surface area contributed by atoms with Gasteiger partial charge in [0, 0.05) is 14.7 Å². The standard InChI is InChI=1S/C13H26N2OSi/c1-11(2)12-13(3,4)15(14-12)10-16-8-9-17(5,6)7/h1,8-10H2,2-7H3. The Labute approximate surface area is 107 Å². The van der Waals surface area contributed by atoms with Gasteiger partial charge in [-0.3, -0.25) is 5.01 Å². The van der Waals surface area contributed by atoms with Gasteiger partial charge in [-0.05, 0) is 32.4 Å². The molecule has 1 aliphatic rings. The largest absolute Gasteiger partial charge is 0.360 e. The lowest BCUT2D eigenvalue weighted by Crippen LogP contribution is -2.57. The Bertz CT molecular complexity index is 329. The highest BCUT2D eigenvalue weighted by atomic mass is 28.3. The van der Waals surface area contributed by atoms with Crippen LogP contribution in [0.2, 0.25) is 25.7 Å². The molecule has 1 heterocycles. The molecule has 0 aliphatic carbocycles. The summed E-state index contributed by atoms with van der Waals surface area (Å²) in [7, 11) is -0.982. The van der Waals surface area contributed by atoms with Crippen molar-refractivity contribution in [1.29, 1.82) is 0 Å². The summed E-state index contributed by atoms with van der Waals surface area (Å²) in [4.78, 5) is 0. The molecular formula is C13H26N2OSi. The molecule has 1 aliphatic heterocycles. The maximum Gasteiger partial charge on any atom is 0.135 e. The zero-order valence-corrected chi connectivity index (χ0v) is 13.1. The van der Waals surface area contributed by atoms with Crippen LogP contribution >= 0.6 is 0 Å². The van der Waals surface area contributed by atoms with Crippen molar-refractivity contribution in [3.63, 3.8) is 0 Å². The topological polar surface area (TPSA) is 24.8 Å². The van der Waals surface area contributed by atoms with E-state index in [9.17, 15) is 0 Å². The van der Waals surface area contributed by atoms with Crippen LogP contribution in [0.1, 0.15) is 20.8 Å². The van der Waals surface area contributed by atoms with Crippen LogP contribution < -0.4 is 0 Å². The second-order valence-electron chi connectivity index (χ2n) is 6.54. The van der Waals surface area contributed by atoms with Crippen molar-refractivity contribution < 1.29 is 4.74 Å². The van der Waals surface area contributed by atoms with Gasteiger partial charge in [0.05, 0.1) is 11.3 Å². The smallest absolute Gasteiger partial charge is 0.135 e. The predicted molar refractivity (Wildman–Crippen MR) is 77.1 cm³/mol. The lowest BCUT2D eigenvalue weighted by molar-refractivity contribution is -0.0148. The zero-order valence-electron chi connectivity index (χ0n) is 12.1. The van der Waals surface area contributed by atoms with Crippen LogP contribution in [-0.2, 0) is 4.74 Å². The molecule has 0 radical (unpaired) electrons. The SMILES string of the molecule is C=C(C)C1=NN(COCC[Si](C)(C)C)C1(C)C. The minimum absolute atomic E-state index is 0.0228. The Balaban J connectivity index is 2.34. The second-order valence-corrected chi connectivity index (χ2v) is 12.2. The van der Waals surface area contributed by atoms with Crippen molar-refractivity contribution in [2.45, 2.75) is 52.0 Å². The van der Waals surface area contributed by atoms with Crippen LogP contribution in [0.4, 0.5) is 0 Å². The fourth-order valence-electron chi connectivity index (χ4n) is 1.77. The van der Waals surface area contributed by atoms with E-state index in [1.807, 2.05) is 11.9 Å². The van der Waals surface area contributed by atoms with Crippen molar-refractivity contribution in [3.8, 4) is 0 Å². The van der Waals surface area contributed by atoms with Gasteiger partial charge in [-0.2, -0.15) is 5.10 Å². The molecule has 17 heavy (non-hydrogen) atoms. The van der Waals surface area contributed by atoms with Crippen molar-refractivity contribution in [1.82, 2.24) is 5.01 Å². The van der Waals surface area contributed by atoms with E-state index in [0.29, 0.717) is 6.73 Å². The van der Waals surface area contributed by atoms with Crippen LogP contribution in [0.5, 0.6) is 0 Å². The molecule has 4 heteroatoms. The summed E-state index contributed by atoms with van der Waals surface area (Å²) in [6, 6.07) is 1.21. The van der Waals surface area contributed by atoms with E-state index in [4.69, 9.17) is 4.74 Å². The number of nitrogens with zero attached hydrogens (tertiary/aromatic N) is 2. The molecule has 0 bridgehead atoms. The zero-order chi connectivity index (χ0) is 13.3. The van der Waals surface area contributed by atoms with E-state index in [1.165, 1.54) is 6.04 Å². The van der Waals surface area contributed by atoms with E-state index < -0.39 is 8.07 Å². The van der Waals surface area contributed by atoms with E-state index in [1.54, 1.807) is 0 Å². The van der Waals surface area contributed by atoms with Gasteiger partial charge in [0.25, 0.3) is 0 Å². The Kier molecular flexibility index (Phi) is 4.20. The minimum atomic E-state index is -0.982. The highest BCUT2D eigenvalue weighted by Gasteiger charge is 2.40. The molecule has 0 fully saturated rings. The molecule has 3 nitrogen and oxygen atoms in total. The third-order valence-electron chi connectivity index (χ3n) is 3.06. The highest BCUT2D eigenvalue weighted by molar-refractivity contribution is 6.76. The molecule has 0 aromatic carbocycles. The van der Waals surface area contributed by atoms with Crippen LogP contribution in [0.3, 0.4) is 0 Å². The molecule has 1 rings (SSSR count). The Morgan fingerprint density at radius 2 is 2.00 bits per heavy atom. The van der Waals surface area contributed by atoms with Crippen LogP contribution in [0.15, 0.2) is 17.3 Å². The first-order chi connectivity index (χ1) is 7.64. The fraction of sp³-hybridized carbons (Fsp3) is 0.769. The minimum Gasteiger partial charge on any atom is -0.360 e. The van der Waals surface area contributed by atoms with Gasteiger partial charge in [-0.15, -0.1) is 0 Å². The van der Waals surface area contributed by atoms with Crippen molar-refractivity contribution in [2.75, 3.05) is 13.3 Å². The maximum absolute atomic E-state index is 5.70. The first-order valence-corrected chi connectivity index (χ1v) is 9.96. The molecule has 0 spiro atoms. The predicted octanol–water partition coefficient (Wildman–Crippen LogP) is 3.33. The molecule has 0 amide bonds. The Hall–Kier alpha value is -0.613. The molecule has 0 unspecified atom stereocenters. The number of hydrogen-bond donors (Lipinski definition) is 0. The summed E-state index contributed by atoms with van der Waals surface area (Å²) in [5.74, 6) is 0. The summed E-state index contributed by atoms with van der Waals surface area (Å²) in [6.07, 6.45) is 0. The first kappa shape index (κ1) is 14.4. The maximum atomic E-state index is 5.70. The molecule has 98 valence electrons. The van der Waals surface area contributed by atoms with Crippen LogP contribution in [0.25, 0.3) is 0 Å². The third-order valence-corrected chi connectivity index (χ3v) is 4.76. The van der Waals surface area contributed by atoms with Gasteiger partial charge < -0.3 is 4.74 Å². The summed E-state index contributed by atoms with van der Waals surface area (Å²) in [5, 5.41) is 6.45. The number of hydrazone groups is 1. The summed E-state index contributed by atoms with van der Waals surface area (Å²) in [5.41, 5.74) is 2.12. The van der Waals surface area contributed by atoms with E-state index in [-0.39, 0.29) is 5.54 Å². The van der Waals surface area contributed by atoms with Crippen molar-refractivity contribution in [3.05, 3.63) is 12.2 Å². The van der Waals surface area contributed by atoms with Crippen molar-refractivity contribution >= 4 is 13.8 Å². The fourth-order valence-corrected chi connectivity index (χ4v) is 2.53. The number of hydrogen-bond acceptors (Lipinski definition) is 3. The van der Waals surface area contributed by atoms with Gasteiger partial charge in [0.2, 0.25) is 0 Å². The van der Waals surface area contributed by atoms with Gasteiger partial charge in [-0.25, -0.2) is 0 Å². The Morgan fingerprint density at radius 3 is 2.41 bits per heavy atom. The quantitative estimate of drug-likeness (QED) is 0.536. The molecule has 0 N–H and O–H groups in total. The molecule has 0 saturated heterocycles. The molecular weight excluding hydrogens is 228 g/mol. The van der Waals surface area contributed by atoms with Gasteiger partial charge in [0.15, 0.2) is 0 Å². The second kappa shape index (κ2) is 4.94. The highest BCUT2D eigenvalue weighted by Crippen LogP contribution is 2.29. The number of ether oxygens (including phenoxy) is 1. The van der Waals surface area contributed by atoms with E-state index in [0.717, 1.165) is 17.9 Å². The first-order valence-electron chi connectivity index (χ1n) is 6.25. The van der Waals surface area contributed by atoms with Gasteiger partial charge in [-0.1, -0.05) is 26.2 Å². The lowest BCUT2D eigenvalue weighted by Gasteiger charge is -2.45. The number of rotatable bonds is 6. The van der Waals surface area contributed by atoms with Gasteiger partial charge >= 0.3 is 0 Å². The monoisotopic (exact) mass is 254 g/mol. The normalized spacial score (nSPS) is 18.7.